The summed E-state index contributed by atoms with van der Waals surface area (Å²) in [6, 6.07) is 2.06. The molecule has 96 valence electrons. The van der Waals surface area contributed by atoms with Gasteiger partial charge in [0.05, 0.1) is 0 Å². The molecule has 0 aliphatic heterocycles. The maximum atomic E-state index is 5.49. The van der Waals surface area contributed by atoms with Gasteiger partial charge in [-0.05, 0) is 47.3 Å². The Balaban J connectivity index is 2.14. The van der Waals surface area contributed by atoms with Crippen LogP contribution in [0.1, 0.15) is 31.7 Å². The van der Waals surface area contributed by atoms with Crippen molar-refractivity contribution in [1.29, 1.82) is 0 Å². The molecule has 0 unspecified atom stereocenters. The van der Waals surface area contributed by atoms with Crippen molar-refractivity contribution in [2.75, 3.05) is 25.1 Å². The lowest BCUT2D eigenvalue weighted by Crippen LogP contribution is -2.08. The van der Waals surface area contributed by atoms with Gasteiger partial charge in [0.1, 0.15) is 5.82 Å². The number of halogens is 1. The Morgan fingerprint density at radius 3 is 2.82 bits per heavy atom. The SMILES string of the molecule is CCCCOCCCNc1ncc(Br)cc1C. The van der Waals surface area contributed by atoms with Gasteiger partial charge in [-0.25, -0.2) is 4.98 Å². The lowest BCUT2D eigenvalue weighted by atomic mass is 10.3. The number of rotatable bonds is 8. The fourth-order valence-corrected chi connectivity index (χ4v) is 1.90. The topological polar surface area (TPSA) is 34.1 Å². The zero-order valence-electron chi connectivity index (χ0n) is 10.6. The zero-order valence-corrected chi connectivity index (χ0v) is 12.2. The average molecular weight is 301 g/mol. The highest BCUT2D eigenvalue weighted by molar-refractivity contribution is 9.10. The Morgan fingerprint density at radius 1 is 1.35 bits per heavy atom. The highest BCUT2D eigenvalue weighted by Crippen LogP contribution is 2.16. The van der Waals surface area contributed by atoms with E-state index in [1.165, 1.54) is 6.42 Å². The number of nitrogens with one attached hydrogen (secondary N) is 1. The number of aromatic nitrogens is 1. The summed E-state index contributed by atoms with van der Waals surface area (Å²) in [4.78, 5) is 4.33. The summed E-state index contributed by atoms with van der Waals surface area (Å²) in [6.07, 6.45) is 5.18. The molecule has 0 aliphatic carbocycles. The molecule has 0 spiro atoms. The third kappa shape index (κ3) is 6.03. The third-order valence-electron chi connectivity index (χ3n) is 2.45. The minimum Gasteiger partial charge on any atom is -0.381 e. The van der Waals surface area contributed by atoms with Crippen LogP contribution in [0.25, 0.3) is 0 Å². The molecule has 0 radical (unpaired) electrons. The molecule has 3 nitrogen and oxygen atoms in total. The minimum atomic E-state index is 0.822. The standard InChI is InChI=1S/C13H21BrN2O/c1-3-4-7-17-8-5-6-15-13-11(2)9-12(14)10-16-13/h9-10H,3-8H2,1-2H3,(H,15,16). The van der Waals surface area contributed by atoms with Gasteiger partial charge in [0, 0.05) is 30.4 Å². The van der Waals surface area contributed by atoms with Crippen LogP contribution >= 0.6 is 15.9 Å². The van der Waals surface area contributed by atoms with E-state index >= 15 is 0 Å². The molecule has 1 aromatic heterocycles. The van der Waals surface area contributed by atoms with Gasteiger partial charge in [-0.15, -0.1) is 0 Å². The highest BCUT2D eigenvalue weighted by Gasteiger charge is 1.99. The summed E-state index contributed by atoms with van der Waals surface area (Å²) in [5, 5.41) is 3.32. The van der Waals surface area contributed by atoms with Gasteiger partial charge in [0.25, 0.3) is 0 Å². The Labute approximate surface area is 112 Å². The van der Waals surface area contributed by atoms with Gasteiger partial charge in [-0.1, -0.05) is 13.3 Å². The van der Waals surface area contributed by atoms with E-state index in [1.807, 2.05) is 6.20 Å². The second-order valence-corrected chi connectivity index (χ2v) is 4.98. The quantitative estimate of drug-likeness (QED) is 0.742. The molecule has 0 aliphatic rings. The Bertz CT molecular complexity index is 331. The number of unbranched alkanes of at least 4 members (excludes halogenated alkanes) is 1. The first-order valence-corrected chi connectivity index (χ1v) is 6.97. The number of aryl methyl sites for hydroxylation is 1. The largest absolute Gasteiger partial charge is 0.381 e. The van der Waals surface area contributed by atoms with Crippen LogP contribution in [-0.2, 0) is 4.74 Å². The molecule has 1 heterocycles. The van der Waals surface area contributed by atoms with Crippen molar-refractivity contribution in [3.8, 4) is 0 Å². The van der Waals surface area contributed by atoms with Crippen LogP contribution in [0.5, 0.6) is 0 Å². The van der Waals surface area contributed by atoms with Gasteiger partial charge in [-0.3, -0.25) is 0 Å². The van der Waals surface area contributed by atoms with Crippen LogP contribution in [0.3, 0.4) is 0 Å². The molecule has 0 bridgehead atoms. The normalized spacial score (nSPS) is 10.5. The number of nitrogens with zero attached hydrogens (tertiary/aromatic N) is 1. The summed E-state index contributed by atoms with van der Waals surface area (Å²) in [7, 11) is 0. The van der Waals surface area contributed by atoms with Crippen molar-refractivity contribution in [3.05, 3.63) is 22.3 Å². The molecular weight excluding hydrogens is 280 g/mol. The molecule has 0 saturated heterocycles. The average Bonchev–Trinajstić information content (AvgIpc) is 2.30. The van der Waals surface area contributed by atoms with E-state index in [0.717, 1.165) is 48.5 Å². The van der Waals surface area contributed by atoms with Gasteiger partial charge in [-0.2, -0.15) is 0 Å². The first-order chi connectivity index (χ1) is 8.24. The molecule has 0 saturated carbocycles. The number of hydrogen-bond acceptors (Lipinski definition) is 3. The van der Waals surface area contributed by atoms with E-state index < -0.39 is 0 Å². The summed E-state index contributed by atoms with van der Waals surface area (Å²) in [5.74, 6) is 0.960. The second-order valence-electron chi connectivity index (χ2n) is 4.07. The number of pyridine rings is 1. The molecule has 0 amide bonds. The monoisotopic (exact) mass is 300 g/mol. The molecule has 17 heavy (non-hydrogen) atoms. The maximum Gasteiger partial charge on any atom is 0.128 e. The zero-order chi connectivity index (χ0) is 12.5. The highest BCUT2D eigenvalue weighted by atomic mass is 79.9. The van der Waals surface area contributed by atoms with Crippen LogP contribution in [0.15, 0.2) is 16.7 Å². The molecule has 1 aromatic rings. The molecule has 4 heteroatoms. The molecule has 0 atom stereocenters. The van der Waals surface area contributed by atoms with Crippen LogP contribution in [-0.4, -0.2) is 24.7 Å². The molecule has 0 aromatic carbocycles. The van der Waals surface area contributed by atoms with Crippen molar-refractivity contribution < 1.29 is 4.74 Å². The Hall–Kier alpha value is -0.610. The second kappa shape index (κ2) is 8.48. The van der Waals surface area contributed by atoms with Gasteiger partial charge < -0.3 is 10.1 Å². The summed E-state index contributed by atoms with van der Waals surface area (Å²) in [6.45, 7) is 6.83. The molecule has 0 fully saturated rings. The fraction of sp³-hybridized carbons (Fsp3) is 0.615. The Morgan fingerprint density at radius 2 is 2.12 bits per heavy atom. The third-order valence-corrected chi connectivity index (χ3v) is 2.88. The number of hydrogen-bond donors (Lipinski definition) is 1. The minimum absolute atomic E-state index is 0.822. The van der Waals surface area contributed by atoms with Crippen LogP contribution in [0.4, 0.5) is 5.82 Å². The van der Waals surface area contributed by atoms with E-state index in [4.69, 9.17) is 4.74 Å². The number of ether oxygens (including phenoxy) is 1. The summed E-state index contributed by atoms with van der Waals surface area (Å²) in [5.41, 5.74) is 1.16. The Kier molecular flexibility index (Phi) is 7.21. The van der Waals surface area contributed by atoms with Gasteiger partial charge in [0.15, 0.2) is 0 Å². The van der Waals surface area contributed by atoms with Gasteiger partial charge >= 0.3 is 0 Å². The van der Waals surface area contributed by atoms with E-state index in [-0.39, 0.29) is 0 Å². The van der Waals surface area contributed by atoms with Crippen molar-refractivity contribution >= 4 is 21.7 Å². The molecule has 1 N–H and O–H groups in total. The predicted octanol–water partition coefficient (Wildman–Crippen LogP) is 3.77. The number of anilines is 1. The molecule has 1 rings (SSSR count). The van der Waals surface area contributed by atoms with Gasteiger partial charge in [0.2, 0.25) is 0 Å². The predicted molar refractivity (Wildman–Crippen MR) is 75.5 cm³/mol. The van der Waals surface area contributed by atoms with Crippen molar-refractivity contribution in [1.82, 2.24) is 4.98 Å². The van der Waals surface area contributed by atoms with Crippen LogP contribution < -0.4 is 5.32 Å². The van der Waals surface area contributed by atoms with Crippen LogP contribution in [0.2, 0.25) is 0 Å². The smallest absolute Gasteiger partial charge is 0.128 e. The summed E-state index contributed by atoms with van der Waals surface area (Å²) >= 11 is 3.40. The van der Waals surface area contributed by atoms with Crippen molar-refractivity contribution in [3.63, 3.8) is 0 Å². The first kappa shape index (κ1) is 14.5. The van der Waals surface area contributed by atoms with Crippen molar-refractivity contribution in [2.24, 2.45) is 0 Å². The van der Waals surface area contributed by atoms with Crippen molar-refractivity contribution in [2.45, 2.75) is 33.1 Å². The van der Waals surface area contributed by atoms with E-state index in [9.17, 15) is 0 Å². The van der Waals surface area contributed by atoms with Crippen LogP contribution in [0, 0.1) is 6.92 Å². The summed E-state index contributed by atoms with van der Waals surface area (Å²) < 4.78 is 6.51. The van der Waals surface area contributed by atoms with E-state index in [1.54, 1.807) is 0 Å². The van der Waals surface area contributed by atoms with E-state index in [2.05, 4.69) is 46.1 Å². The lowest BCUT2D eigenvalue weighted by molar-refractivity contribution is 0.131. The molecular formula is C13H21BrN2O. The first-order valence-electron chi connectivity index (χ1n) is 6.17. The maximum absolute atomic E-state index is 5.49. The fourth-order valence-electron chi connectivity index (χ4n) is 1.46. The van der Waals surface area contributed by atoms with E-state index in [0.29, 0.717) is 0 Å². The lowest BCUT2D eigenvalue weighted by Gasteiger charge is -2.08.